The van der Waals surface area contributed by atoms with Gasteiger partial charge in [-0.05, 0) is 31.6 Å². The van der Waals surface area contributed by atoms with E-state index in [9.17, 15) is 0 Å². The molecule has 2 rings (SSSR count). The van der Waals surface area contributed by atoms with Crippen LogP contribution in [0.3, 0.4) is 0 Å². The van der Waals surface area contributed by atoms with Crippen molar-refractivity contribution in [3.8, 4) is 0 Å². The van der Waals surface area contributed by atoms with Gasteiger partial charge in [-0.15, -0.1) is 0 Å². The maximum atomic E-state index is 2.47. The molecule has 0 unspecified atom stereocenters. The topological polar surface area (TPSA) is 0 Å². The van der Waals surface area contributed by atoms with Gasteiger partial charge in [-0.1, -0.05) is 43.1 Å². The van der Waals surface area contributed by atoms with Crippen molar-refractivity contribution in [2.45, 2.75) is 45.4 Å². The maximum absolute atomic E-state index is 2.47. The summed E-state index contributed by atoms with van der Waals surface area (Å²) in [6.07, 6.45) is 15.6. The van der Waals surface area contributed by atoms with E-state index >= 15 is 0 Å². The second-order valence-corrected chi connectivity index (χ2v) is 4.30. The Morgan fingerprint density at radius 1 is 1.25 bits per heavy atom. The Morgan fingerprint density at radius 3 is 2.58 bits per heavy atom. The summed E-state index contributed by atoms with van der Waals surface area (Å²) in [5.74, 6) is 0. The predicted octanol–water partition coefficient (Wildman–Crippen LogP) is 3.84. The van der Waals surface area contributed by atoms with E-state index in [1.807, 2.05) is 0 Å². The summed E-state index contributed by atoms with van der Waals surface area (Å²) >= 11 is 0. The SMILES string of the molecule is C/C=C1\C=CC2(CCCCC2)C1. The van der Waals surface area contributed by atoms with Crippen LogP contribution in [-0.2, 0) is 0 Å². The first kappa shape index (κ1) is 8.10. The summed E-state index contributed by atoms with van der Waals surface area (Å²) < 4.78 is 0. The molecule has 0 nitrogen and oxygen atoms in total. The van der Waals surface area contributed by atoms with Crippen LogP contribution >= 0.6 is 0 Å². The van der Waals surface area contributed by atoms with E-state index in [-0.39, 0.29) is 0 Å². The first-order valence-electron chi connectivity index (χ1n) is 5.19. The Labute approximate surface area is 75.4 Å². The van der Waals surface area contributed by atoms with E-state index in [4.69, 9.17) is 0 Å². The zero-order chi connectivity index (χ0) is 8.44. The molecule has 0 aliphatic heterocycles. The van der Waals surface area contributed by atoms with Gasteiger partial charge in [0.2, 0.25) is 0 Å². The first-order valence-corrected chi connectivity index (χ1v) is 5.19. The van der Waals surface area contributed by atoms with Crippen LogP contribution in [0, 0.1) is 5.41 Å². The molecule has 66 valence electrons. The normalized spacial score (nSPS) is 30.2. The highest BCUT2D eigenvalue weighted by Gasteiger charge is 2.32. The quantitative estimate of drug-likeness (QED) is 0.507. The fraction of sp³-hybridized carbons (Fsp3) is 0.667. The number of hydrogen-bond acceptors (Lipinski definition) is 0. The summed E-state index contributed by atoms with van der Waals surface area (Å²) in [7, 11) is 0. The van der Waals surface area contributed by atoms with Gasteiger partial charge in [-0.3, -0.25) is 0 Å². The molecule has 2 aliphatic rings. The number of hydrogen-bond donors (Lipinski definition) is 0. The molecule has 0 heteroatoms. The van der Waals surface area contributed by atoms with Gasteiger partial charge in [-0.25, -0.2) is 0 Å². The van der Waals surface area contributed by atoms with E-state index in [0.717, 1.165) is 0 Å². The maximum Gasteiger partial charge on any atom is -0.00748 e. The molecule has 0 saturated heterocycles. The third kappa shape index (κ3) is 1.35. The highest BCUT2D eigenvalue weighted by atomic mass is 14.4. The minimum absolute atomic E-state index is 0.597. The van der Waals surface area contributed by atoms with Gasteiger partial charge in [-0.2, -0.15) is 0 Å². The molecule has 0 heterocycles. The lowest BCUT2D eigenvalue weighted by Crippen LogP contribution is -2.18. The zero-order valence-corrected chi connectivity index (χ0v) is 7.97. The van der Waals surface area contributed by atoms with Gasteiger partial charge in [0.1, 0.15) is 0 Å². The van der Waals surface area contributed by atoms with Crippen molar-refractivity contribution in [3.05, 3.63) is 23.8 Å². The average molecular weight is 162 g/mol. The summed E-state index contributed by atoms with van der Waals surface area (Å²) in [4.78, 5) is 0. The molecule has 0 aromatic heterocycles. The van der Waals surface area contributed by atoms with Gasteiger partial charge >= 0.3 is 0 Å². The van der Waals surface area contributed by atoms with Gasteiger partial charge in [0.25, 0.3) is 0 Å². The Balaban J connectivity index is 2.09. The summed E-state index contributed by atoms with van der Waals surface area (Å²) in [6, 6.07) is 0. The van der Waals surface area contributed by atoms with Crippen LogP contribution in [0.1, 0.15) is 45.4 Å². The highest BCUT2D eigenvalue weighted by molar-refractivity contribution is 5.30. The molecule has 0 bridgehead atoms. The van der Waals surface area contributed by atoms with E-state index in [0.29, 0.717) is 5.41 Å². The van der Waals surface area contributed by atoms with E-state index in [2.05, 4.69) is 25.2 Å². The monoisotopic (exact) mass is 162 g/mol. The highest BCUT2D eigenvalue weighted by Crippen LogP contribution is 2.46. The zero-order valence-electron chi connectivity index (χ0n) is 7.97. The summed E-state index contributed by atoms with van der Waals surface area (Å²) in [6.45, 7) is 2.15. The van der Waals surface area contributed by atoms with E-state index in [1.165, 1.54) is 38.5 Å². The third-order valence-electron chi connectivity index (χ3n) is 3.43. The molecular formula is C12H18. The fourth-order valence-corrected chi connectivity index (χ4v) is 2.61. The molecule has 0 radical (unpaired) electrons. The van der Waals surface area contributed by atoms with Gasteiger partial charge < -0.3 is 0 Å². The molecule has 0 amide bonds. The minimum atomic E-state index is 0.597. The lowest BCUT2D eigenvalue weighted by Gasteiger charge is -2.31. The lowest BCUT2D eigenvalue weighted by molar-refractivity contribution is 0.266. The second kappa shape index (κ2) is 3.08. The molecular weight excluding hydrogens is 144 g/mol. The van der Waals surface area contributed by atoms with Crippen molar-refractivity contribution in [2.75, 3.05) is 0 Å². The molecule has 1 fully saturated rings. The molecule has 0 atom stereocenters. The van der Waals surface area contributed by atoms with Crippen LogP contribution in [0.4, 0.5) is 0 Å². The Kier molecular flexibility index (Phi) is 2.08. The summed E-state index contributed by atoms with van der Waals surface area (Å²) in [5, 5.41) is 0. The van der Waals surface area contributed by atoms with Gasteiger partial charge in [0.05, 0.1) is 0 Å². The minimum Gasteiger partial charge on any atom is -0.0844 e. The predicted molar refractivity (Wildman–Crippen MR) is 53.0 cm³/mol. The molecule has 2 aliphatic carbocycles. The van der Waals surface area contributed by atoms with Crippen LogP contribution in [-0.4, -0.2) is 0 Å². The van der Waals surface area contributed by atoms with Crippen LogP contribution < -0.4 is 0 Å². The molecule has 0 aromatic carbocycles. The smallest absolute Gasteiger partial charge is 0.00748 e. The third-order valence-corrected chi connectivity index (χ3v) is 3.43. The Bertz CT molecular complexity index is 214. The molecule has 12 heavy (non-hydrogen) atoms. The molecule has 0 N–H and O–H groups in total. The van der Waals surface area contributed by atoms with Crippen molar-refractivity contribution in [2.24, 2.45) is 5.41 Å². The first-order chi connectivity index (χ1) is 5.85. The summed E-state index contributed by atoms with van der Waals surface area (Å²) in [5.41, 5.74) is 2.15. The van der Waals surface area contributed by atoms with E-state index < -0.39 is 0 Å². The van der Waals surface area contributed by atoms with Crippen LogP contribution in [0.25, 0.3) is 0 Å². The van der Waals surface area contributed by atoms with Crippen molar-refractivity contribution in [1.29, 1.82) is 0 Å². The standard InChI is InChI=1S/C12H18/c1-2-11-6-9-12(10-11)7-4-3-5-8-12/h2,6,9H,3-5,7-8,10H2,1H3/b11-2+. The van der Waals surface area contributed by atoms with Gasteiger partial charge in [0.15, 0.2) is 0 Å². The molecule has 1 saturated carbocycles. The van der Waals surface area contributed by atoms with Crippen molar-refractivity contribution < 1.29 is 0 Å². The lowest BCUT2D eigenvalue weighted by atomic mass is 9.73. The van der Waals surface area contributed by atoms with E-state index in [1.54, 1.807) is 5.57 Å². The molecule has 0 aromatic rings. The van der Waals surface area contributed by atoms with Crippen molar-refractivity contribution in [1.82, 2.24) is 0 Å². The number of allylic oxidation sites excluding steroid dienone is 4. The van der Waals surface area contributed by atoms with Gasteiger partial charge in [0, 0.05) is 0 Å². The van der Waals surface area contributed by atoms with Crippen LogP contribution in [0.15, 0.2) is 23.8 Å². The Hall–Kier alpha value is -0.520. The van der Waals surface area contributed by atoms with Crippen LogP contribution in [0.2, 0.25) is 0 Å². The average Bonchev–Trinajstić information content (AvgIpc) is 2.50. The van der Waals surface area contributed by atoms with Crippen molar-refractivity contribution >= 4 is 0 Å². The fourth-order valence-electron chi connectivity index (χ4n) is 2.61. The second-order valence-electron chi connectivity index (χ2n) is 4.30. The van der Waals surface area contributed by atoms with Crippen LogP contribution in [0.5, 0.6) is 0 Å². The Morgan fingerprint density at radius 2 is 2.00 bits per heavy atom. The van der Waals surface area contributed by atoms with Crippen molar-refractivity contribution in [3.63, 3.8) is 0 Å². The molecule has 1 spiro atoms. The largest absolute Gasteiger partial charge is 0.0844 e. The number of rotatable bonds is 0.